The highest BCUT2D eigenvalue weighted by atomic mass is 32.2. The quantitative estimate of drug-likeness (QED) is 0.770. The maximum Gasteiger partial charge on any atom is 0.207 e. The maximum atomic E-state index is 11.5. The number of carbonyl (C=O) groups is 1. The zero-order valence-corrected chi connectivity index (χ0v) is 8.88. The summed E-state index contributed by atoms with van der Waals surface area (Å²) in [5.74, 6) is 0.860. The first-order valence-electron chi connectivity index (χ1n) is 4.80. The van der Waals surface area contributed by atoms with Crippen molar-refractivity contribution >= 4 is 16.9 Å². The molecule has 1 aliphatic rings. The molecule has 0 saturated carbocycles. The molecular formula is C11H13NOS. The van der Waals surface area contributed by atoms with Crippen molar-refractivity contribution in [2.75, 3.05) is 5.75 Å². The third kappa shape index (κ3) is 1.99. The van der Waals surface area contributed by atoms with E-state index in [1.807, 2.05) is 25.1 Å². The third-order valence-electron chi connectivity index (χ3n) is 2.28. The summed E-state index contributed by atoms with van der Waals surface area (Å²) in [5, 5.41) is 3.46. The largest absolute Gasteiger partial charge is 0.296 e. The first kappa shape index (κ1) is 9.74. The van der Waals surface area contributed by atoms with Crippen LogP contribution < -0.4 is 5.32 Å². The van der Waals surface area contributed by atoms with Crippen LogP contribution in [0.25, 0.3) is 0 Å². The van der Waals surface area contributed by atoms with E-state index in [4.69, 9.17) is 0 Å². The summed E-state index contributed by atoms with van der Waals surface area (Å²) >= 11 is 1.40. The van der Waals surface area contributed by atoms with Gasteiger partial charge in [0.05, 0.1) is 12.1 Å². The highest BCUT2D eigenvalue weighted by molar-refractivity contribution is 8.13. The maximum absolute atomic E-state index is 11.5. The molecule has 1 aromatic rings. The molecule has 1 aromatic carbocycles. The van der Waals surface area contributed by atoms with Crippen molar-refractivity contribution < 1.29 is 4.79 Å². The van der Waals surface area contributed by atoms with E-state index in [-0.39, 0.29) is 17.2 Å². The summed E-state index contributed by atoms with van der Waals surface area (Å²) in [6.45, 7) is 2.00. The van der Waals surface area contributed by atoms with Gasteiger partial charge in [-0.2, -0.15) is 0 Å². The smallest absolute Gasteiger partial charge is 0.207 e. The molecule has 1 heterocycles. The minimum atomic E-state index is 0.0438. The lowest BCUT2D eigenvalue weighted by Crippen LogP contribution is -2.04. The van der Waals surface area contributed by atoms with E-state index in [0.717, 1.165) is 5.75 Å². The van der Waals surface area contributed by atoms with Gasteiger partial charge in [-0.05, 0) is 11.3 Å². The zero-order valence-electron chi connectivity index (χ0n) is 8.07. The Bertz CT molecular complexity index is 325. The van der Waals surface area contributed by atoms with Crippen LogP contribution in [0.4, 0.5) is 0 Å². The molecule has 0 spiro atoms. The molecule has 0 bridgehead atoms. The van der Waals surface area contributed by atoms with Crippen LogP contribution in [0.5, 0.6) is 0 Å². The monoisotopic (exact) mass is 207 g/mol. The van der Waals surface area contributed by atoms with E-state index in [0.29, 0.717) is 0 Å². The number of thioether (sulfide) groups is 1. The molecule has 74 valence electrons. The Kier molecular flexibility index (Phi) is 2.89. The first-order chi connectivity index (χ1) is 6.83. The number of benzene rings is 1. The van der Waals surface area contributed by atoms with Crippen molar-refractivity contribution in [2.45, 2.75) is 19.0 Å². The van der Waals surface area contributed by atoms with E-state index in [2.05, 4.69) is 17.4 Å². The normalized spacial score (nSPS) is 24.6. The molecular weight excluding hydrogens is 194 g/mol. The van der Waals surface area contributed by atoms with Crippen LogP contribution in [-0.2, 0) is 4.79 Å². The average Bonchev–Trinajstić information content (AvgIpc) is 2.99. The van der Waals surface area contributed by atoms with Crippen molar-refractivity contribution in [2.24, 2.45) is 0 Å². The number of hydrogen-bond donors (Lipinski definition) is 1. The number of rotatable bonds is 3. The lowest BCUT2D eigenvalue weighted by atomic mass is 10.1. The topological polar surface area (TPSA) is 39.0 Å². The molecule has 0 aromatic heterocycles. The van der Waals surface area contributed by atoms with E-state index in [1.165, 1.54) is 17.3 Å². The van der Waals surface area contributed by atoms with Gasteiger partial charge in [0, 0.05) is 0 Å². The lowest BCUT2D eigenvalue weighted by Gasteiger charge is -1.96. The van der Waals surface area contributed by atoms with Gasteiger partial charge >= 0.3 is 0 Å². The highest BCUT2D eigenvalue weighted by Gasteiger charge is 2.42. The molecule has 1 N–H and O–H groups in total. The summed E-state index contributed by atoms with van der Waals surface area (Å²) in [7, 11) is 0. The summed E-state index contributed by atoms with van der Waals surface area (Å²) in [5.41, 5.74) is 1.21. The van der Waals surface area contributed by atoms with Crippen LogP contribution in [-0.4, -0.2) is 16.9 Å². The lowest BCUT2D eigenvalue weighted by molar-refractivity contribution is -0.110. The molecule has 2 unspecified atom stereocenters. The molecule has 1 fully saturated rings. The van der Waals surface area contributed by atoms with E-state index < -0.39 is 0 Å². The van der Waals surface area contributed by atoms with Crippen LogP contribution in [0.3, 0.4) is 0 Å². The molecule has 0 amide bonds. The minimum absolute atomic E-state index is 0.0438. The second-order valence-corrected chi connectivity index (χ2v) is 4.55. The summed E-state index contributed by atoms with van der Waals surface area (Å²) in [6.07, 6.45) is 0. The molecule has 1 aliphatic heterocycles. The Hall–Kier alpha value is -0.800. The second kappa shape index (κ2) is 4.15. The molecule has 14 heavy (non-hydrogen) atoms. The standard InChI is InChI=1S/C11H13NOS/c1-2-14-11(13)10-9(12-10)8-6-4-3-5-7-8/h3-7,9-10,12H,2H2,1H3. The molecule has 2 atom stereocenters. The number of hydrogen-bond acceptors (Lipinski definition) is 3. The van der Waals surface area contributed by atoms with Crippen molar-refractivity contribution in [1.29, 1.82) is 0 Å². The molecule has 2 nitrogen and oxygen atoms in total. The van der Waals surface area contributed by atoms with Gasteiger partial charge < -0.3 is 0 Å². The summed E-state index contributed by atoms with van der Waals surface area (Å²) in [6, 6.07) is 10.4. The van der Waals surface area contributed by atoms with Gasteiger partial charge in [0.1, 0.15) is 0 Å². The Labute approximate surface area is 88.1 Å². The van der Waals surface area contributed by atoms with Gasteiger partial charge in [-0.1, -0.05) is 49.0 Å². The van der Waals surface area contributed by atoms with Crippen molar-refractivity contribution in [3.05, 3.63) is 35.9 Å². The van der Waals surface area contributed by atoms with Crippen LogP contribution in [0.2, 0.25) is 0 Å². The van der Waals surface area contributed by atoms with Gasteiger partial charge in [0.25, 0.3) is 0 Å². The van der Waals surface area contributed by atoms with Crippen molar-refractivity contribution in [3.63, 3.8) is 0 Å². The number of nitrogens with one attached hydrogen (secondary N) is 1. The molecule has 2 rings (SSSR count). The first-order valence-corrected chi connectivity index (χ1v) is 5.79. The Balaban J connectivity index is 1.96. The third-order valence-corrected chi connectivity index (χ3v) is 3.11. The van der Waals surface area contributed by atoms with E-state index >= 15 is 0 Å². The minimum Gasteiger partial charge on any atom is -0.296 e. The van der Waals surface area contributed by atoms with Crippen molar-refractivity contribution in [3.8, 4) is 0 Å². The SMILES string of the molecule is CCSC(=O)C1NC1c1ccccc1. The average molecular weight is 207 g/mol. The molecule has 1 saturated heterocycles. The fourth-order valence-corrected chi connectivity index (χ4v) is 2.19. The van der Waals surface area contributed by atoms with Gasteiger partial charge in [-0.15, -0.1) is 0 Å². The fourth-order valence-electron chi connectivity index (χ4n) is 1.52. The van der Waals surface area contributed by atoms with Crippen LogP contribution in [0.1, 0.15) is 18.5 Å². The van der Waals surface area contributed by atoms with Gasteiger partial charge in [0.2, 0.25) is 5.12 Å². The summed E-state index contributed by atoms with van der Waals surface area (Å²) in [4.78, 5) is 11.5. The van der Waals surface area contributed by atoms with Gasteiger partial charge in [-0.3, -0.25) is 10.1 Å². The zero-order chi connectivity index (χ0) is 9.97. The van der Waals surface area contributed by atoms with Gasteiger partial charge in [-0.25, -0.2) is 0 Å². The van der Waals surface area contributed by atoms with Gasteiger partial charge in [0.15, 0.2) is 0 Å². The molecule has 0 radical (unpaired) electrons. The molecule has 0 aliphatic carbocycles. The van der Waals surface area contributed by atoms with Crippen LogP contribution in [0, 0.1) is 0 Å². The summed E-state index contributed by atoms with van der Waals surface area (Å²) < 4.78 is 0. The fraction of sp³-hybridized carbons (Fsp3) is 0.364. The predicted molar refractivity (Wildman–Crippen MR) is 59.2 cm³/mol. The van der Waals surface area contributed by atoms with Crippen LogP contribution in [0.15, 0.2) is 30.3 Å². The highest BCUT2D eigenvalue weighted by Crippen LogP contribution is 2.32. The van der Waals surface area contributed by atoms with Crippen molar-refractivity contribution in [1.82, 2.24) is 5.32 Å². The van der Waals surface area contributed by atoms with E-state index in [1.54, 1.807) is 0 Å². The Morgan fingerprint density at radius 3 is 2.79 bits per heavy atom. The Morgan fingerprint density at radius 1 is 1.43 bits per heavy atom. The predicted octanol–water partition coefficient (Wildman–Crippen LogP) is 1.98. The molecule has 3 heteroatoms. The Morgan fingerprint density at radius 2 is 2.14 bits per heavy atom. The number of carbonyl (C=O) groups excluding carboxylic acids is 1. The van der Waals surface area contributed by atoms with Crippen LogP contribution >= 0.6 is 11.8 Å². The van der Waals surface area contributed by atoms with E-state index in [9.17, 15) is 4.79 Å². The second-order valence-electron chi connectivity index (χ2n) is 3.28.